The summed E-state index contributed by atoms with van der Waals surface area (Å²) in [6, 6.07) is 1.61. The van der Waals surface area contributed by atoms with E-state index >= 15 is 0 Å². The predicted octanol–water partition coefficient (Wildman–Crippen LogP) is 3.03. The smallest absolute Gasteiger partial charge is 0.0195 e. The van der Waals surface area contributed by atoms with Gasteiger partial charge in [0, 0.05) is 18.6 Å². The number of nitrogens with zero attached hydrogens (tertiary/aromatic N) is 1. The Bertz CT molecular complexity index is 237. The van der Waals surface area contributed by atoms with Crippen LogP contribution in [-0.2, 0) is 0 Å². The number of rotatable bonds is 3. The van der Waals surface area contributed by atoms with Gasteiger partial charge in [-0.25, -0.2) is 0 Å². The molecule has 0 aromatic carbocycles. The van der Waals surface area contributed by atoms with Crippen LogP contribution in [0.1, 0.15) is 59.3 Å². The molecule has 2 nitrogen and oxygen atoms in total. The molecule has 2 unspecified atom stereocenters. The fourth-order valence-corrected chi connectivity index (χ4v) is 3.61. The molecule has 0 spiro atoms. The lowest BCUT2D eigenvalue weighted by molar-refractivity contribution is 0.181. The van der Waals surface area contributed by atoms with Gasteiger partial charge in [0.2, 0.25) is 0 Å². The van der Waals surface area contributed by atoms with Crippen molar-refractivity contribution in [2.75, 3.05) is 19.6 Å². The van der Waals surface area contributed by atoms with E-state index in [1.165, 1.54) is 58.2 Å². The van der Waals surface area contributed by atoms with Crippen LogP contribution in [0.5, 0.6) is 0 Å². The topological polar surface area (TPSA) is 15.3 Å². The van der Waals surface area contributed by atoms with Crippen molar-refractivity contribution in [3.63, 3.8) is 0 Å². The van der Waals surface area contributed by atoms with Gasteiger partial charge in [-0.1, -0.05) is 27.2 Å². The first-order valence-corrected chi connectivity index (χ1v) is 7.58. The maximum Gasteiger partial charge on any atom is 0.0195 e. The molecule has 1 N–H and O–H groups in total. The van der Waals surface area contributed by atoms with Crippen LogP contribution in [0.2, 0.25) is 0 Å². The van der Waals surface area contributed by atoms with Gasteiger partial charge in [0.1, 0.15) is 0 Å². The molecule has 2 heteroatoms. The van der Waals surface area contributed by atoms with Gasteiger partial charge in [-0.2, -0.15) is 0 Å². The average Bonchev–Trinajstić information content (AvgIpc) is 2.50. The molecule has 17 heavy (non-hydrogen) atoms. The molecule has 0 amide bonds. The van der Waals surface area contributed by atoms with Crippen molar-refractivity contribution >= 4 is 0 Å². The highest BCUT2D eigenvalue weighted by Gasteiger charge is 2.35. The largest absolute Gasteiger partial charge is 0.313 e. The molecular formula is C15H30N2. The van der Waals surface area contributed by atoms with E-state index in [0.29, 0.717) is 5.41 Å². The monoisotopic (exact) mass is 238 g/mol. The standard InChI is InChI=1S/C15H30N2/c1-4-6-13-12-17(10-5-9-16-13)14-7-8-15(2,3)11-14/h13-14,16H,4-12H2,1-3H3. The van der Waals surface area contributed by atoms with Gasteiger partial charge in [0.15, 0.2) is 0 Å². The number of nitrogens with one attached hydrogen (secondary N) is 1. The summed E-state index contributed by atoms with van der Waals surface area (Å²) in [5.41, 5.74) is 0.588. The Morgan fingerprint density at radius 3 is 2.82 bits per heavy atom. The zero-order valence-corrected chi connectivity index (χ0v) is 12.0. The first-order valence-electron chi connectivity index (χ1n) is 7.58. The van der Waals surface area contributed by atoms with Crippen LogP contribution in [-0.4, -0.2) is 36.6 Å². The second kappa shape index (κ2) is 5.71. The lowest BCUT2D eigenvalue weighted by Crippen LogP contribution is -2.42. The van der Waals surface area contributed by atoms with E-state index in [9.17, 15) is 0 Å². The van der Waals surface area contributed by atoms with E-state index in [1.807, 2.05) is 0 Å². The Morgan fingerprint density at radius 1 is 1.35 bits per heavy atom. The Kier molecular flexibility index (Phi) is 4.48. The Morgan fingerprint density at radius 2 is 2.18 bits per heavy atom. The Labute approximate surface area is 107 Å². The highest BCUT2D eigenvalue weighted by molar-refractivity contribution is 4.90. The molecular weight excluding hydrogens is 208 g/mol. The normalized spacial score (nSPS) is 34.8. The van der Waals surface area contributed by atoms with Crippen LogP contribution in [0.25, 0.3) is 0 Å². The van der Waals surface area contributed by atoms with Gasteiger partial charge in [0.05, 0.1) is 0 Å². The van der Waals surface area contributed by atoms with Gasteiger partial charge in [0.25, 0.3) is 0 Å². The molecule has 0 aromatic rings. The van der Waals surface area contributed by atoms with Crippen molar-refractivity contribution < 1.29 is 0 Å². The van der Waals surface area contributed by atoms with Crippen molar-refractivity contribution in [2.45, 2.75) is 71.4 Å². The summed E-state index contributed by atoms with van der Waals surface area (Å²) in [4.78, 5) is 2.79. The maximum atomic E-state index is 3.72. The van der Waals surface area contributed by atoms with E-state index in [0.717, 1.165) is 12.1 Å². The third-order valence-corrected chi connectivity index (χ3v) is 4.61. The molecule has 2 fully saturated rings. The third kappa shape index (κ3) is 3.69. The first kappa shape index (κ1) is 13.4. The molecule has 0 radical (unpaired) electrons. The van der Waals surface area contributed by atoms with E-state index in [4.69, 9.17) is 0 Å². The van der Waals surface area contributed by atoms with Gasteiger partial charge in [-0.15, -0.1) is 0 Å². The summed E-state index contributed by atoms with van der Waals surface area (Å²) < 4.78 is 0. The minimum Gasteiger partial charge on any atom is -0.313 e. The van der Waals surface area contributed by atoms with Crippen molar-refractivity contribution in [1.82, 2.24) is 10.2 Å². The van der Waals surface area contributed by atoms with Crippen LogP contribution in [0, 0.1) is 5.41 Å². The van der Waals surface area contributed by atoms with Gasteiger partial charge >= 0.3 is 0 Å². The highest BCUT2D eigenvalue weighted by Crippen LogP contribution is 2.39. The maximum absolute atomic E-state index is 3.72. The molecule has 1 aliphatic carbocycles. The van der Waals surface area contributed by atoms with Crippen molar-refractivity contribution in [2.24, 2.45) is 5.41 Å². The van der Waals surface area contributed by atoms with E-state index < -0.39 is 0 Å². The average molecular weight is 238 g/mol. The van der Waals surface area contributed by atoms with Gasteiger partial charge in [-0.3, -0.25) is 4.90 Å². The van der Waals surface area contributed by atoms with Gasteiger partial charge < -0.3 is 5.32 Å². The molecule has 2 atom stereocenters. The molecule has 2 rings (SSSR count). The van der Waals surface area contributed by atoms with E-state index in [2.05, 4.69) is 31.0 Å². The molecule has 2 aliphatic rings. The SMILES string of the molecule is CCCC1CN(C2CCC(C)(C)C2)CCCN1. The fraction of sp³-hybridized carbons (Fsp3) is 1.00. The lowest BCUT2D eigenvalue weighted by atomic mass is 9.91. The zero-order valence-electron chi connectivity index (χ0n) is 12.0. The summed E-state index contributed by atoms with van der Waals surface area (Å²) in [6.45, 7) is 11.0. The van der Waals surface area contributed by atoms with Crippen LogP contribution >= 0.6 is 0 Å². The van der Waals surface area contributed by atoms with E-state index in [1.54, 1.807) is 0 Å². The number of hydrogen-bond acceptors (Lipinski definition) is 2. The molecule has 0 aromatic heterocycles. The van der Waals surface area contributed by atoms with Crippen molar-refractivity contribution in [1.29, 1.82) is 0 Å². The van der Waals surface area contributed by atoms with Crippen molar-refractivity contribution in [3.8, 4) is 0 Å². The summed E-state index contributed by atoms with van der Waals surface area (Å²) >= 11 is 0. The summed E-state index contributed by atoms with van der Waals surface area (Å²) in [5, 5.41) is 3.72. The lowest BCUT2D eigenvalue weighted by Gasteiger charge is -2.31. The summed E-state index contributed by atoms with van der Waals surface area (Å²) in [5.74, 6) is 0. The van der Waals surface area contributed by atoms with Gasteiger partial charge in [-0.05, 0) is 50.6 Å². The fourth-order valence-electron chi connectivity index (χ4n) is 3.61. The van der Waals surface area contributed by atoms with Crippen LogP contribution in [0.3, 0.4) is 0 Å². The second-order valence-electron chi connectivity index (χ2n) is 6.85. The molecule has 1 saturated heterocycles. The number of hydrogen-bond donors (Lipinski definition) is 1. The molecule has 100 valence electrons. The highest BCUT2D eigenvalue weighted by atomic mass is 15.2. The van der Waals surface area contributed by atoms with Crippen LogP contribution in [0.15, 0.2) is 0 Å². The molecule has 1 saturated carbocycles. The zero-order chi connectivity index (χ0) is 12.3. The Balaban J connectivity index is 1.90. The minimum atomic E-state index is 0.588. The molecule has 1 aliphatic heterocycles. The summed E-state index contributed by atoms with van der Waals surface area (Å²) in [6.07, 6.45) is 8.23. The predicted molar refractivity (Wildman–Crippen MR) is 74.3 cm³/mol. The molecule has 0 bridgehead atoms. The summed E-state index contributed by atoms with van der Waals surface area (Å²) in [7, 11) is 0. The van der Waals surface area contributed by atoms with Crippen molar-refractivity contribution in [3.05, 3.63) is 0 Å². The second-order valence-corrected chi connectivity index (χ2v) is 6.85. The third-order valence-electron chi connectivity index (χ3n) is 4.61. The van der Waals surface area contributed by atoms with Crippen LogP contribution < -0.4 is 5.32 Å². The first-order chi connectivity index (χ1) is 8.11. The molecule has 1 heterocycles. The minimum absolute atomic E-state index is 0.588. The van der Waals surface area contributed by atoms with E-state index in [-0.39, 0.29) is 0 Å². The quantitative estimate of drug-likeness (QED) is 0.813. The van der Waals surface area contributed by atoms with Crippen LogP contribution in [0.4, 0.5) is 0 Å². The Hall–Kier alpha value is -0.0800.